The molecule has 0 aliphatic rings. The zero-order valence-corrected chi connectivity index (χ0v) is 11.9. The molecule has 0 saturated carbocycles. The quantitative estimate of drug-likeness (QED) is 0.689. The number of hydrogen-bond acceptors (Lipinski definition) is 4. The van der Waals surface area contributed by atoms with Crippen LogP contribution >= 0.6 is 0 Å². The summed E-state index contributed by atoms with van der Waals surface area (Å²) in [4.78, 5) is 15.8. The monoisotopic (exact) mass is 265 g/mol. The van der Waals surface area contributed by atoms with Crippen molar-refractivity contribution in [2.45, 2.75) is 32.9 Å². The maximum Gasteiger partial charge on any atom is 0.236 e. The normalized spacial score (nSPS) is 12.2. The predicted molar refractivity (Wildman–Crippen MR) is 74.8 cm³/mol. The number of methoxy groups -OCH3 is 1. The van der Waals surface area contributed by atoms with Crippen molar-refractivity contribution in [3.63, 3.8) is 0 Å². The average molecular weight is 265 g/mol. The first-order valence-corrected chi connectivity index (χ1v) is 6.54. The molecule has 0 radical (unpaired) electrons. The summed E-state index contributed by atoms with van der Waals surface area (Å²) in [5.74, 6) is 0.0165. The third-order valence-corrected chi connectivity index (χ3v) is 2.95. The minimum absolute atomic E-state index is 0.0165. The molecule has 5 nitrogen and oxygen atoms in total. The molecule has 0 aromatic carbocycles. The second-order valence-electron chi connectivity index (χ2n) is 4.54. The Labute approximate surface area is 114 Å². The number of amides is 1. The van der Waals surface area contributed by atoms with Gasteiger partial charge in [0.25, 0.3) is 0 Å². The third kappa shape index (κ3) is 5.81. The van der Waals surface area contributed by atoms with E-state index in [1.54, 1.807) is 13.3 Å². The van der Waals surface area contributed by atoms with Gasteiger partial charge in [-0.2, -0.15) is 0 Å². The molecule has 1 unspecified atom stereocenters. The Kier molecular flexibility index (Phi) is 7.07. The number of aryl methyl sites for hydroxylation is 1. The Morgan fingerprint density at radius 2 is 2.32 bits per heavy atom. The molecule has 2 N–H and O–H groups in total. The fourth-order valence-corrected chi connectivity index (χ4v) is 1.64. The Morgan fingerprint density at radius 3 is 3.00 bits per heavy atom. The number of nitrogens with zero attached hydrogens (tertiary/aromatic N) is 1. The van der Waals surface area contributed by atoms with E-state index in [1.165, 1.54) is 0 Å². The van der Waals surface area contributed by atoms with Gasteiger partial charge < -0.3 is 15.4 Å². The van der Waals surface area contributed by atoms with Gasteiger partial charge in [-0.1, -0.05) is 0 Å². The molecular weight excluding hydrogens is 242 g/mol. The third-order valence-electron chi connectivity index (χ3n) is 2.95. The van der Waals surface area contributed by atoms with Crippen LogP contribution in [0.3, 0.4) is 0 Å². The van der Waals surface area contributed by atoms with Gasteiger partial charge in [0.2, 0.25) is 5.91 Å². The summed E-state index contributed by atoms with van der Waals surface area (Å²) < 4.78 is 4.93. The molecule has 1 aromatic rings. The first-order chi connectivity index (χ1) is 9.15. The highest BCUT2D eigenvalue weighted by molar-refractivity contribution is 5.81. The van der Waals surface area contributed by atoms with Crippen LogP contribution in [0.5, 0.6) is 0 Å². The van der Waals surface area contributed by atoms with Crippen LogP contribution in [0.2, 0.25) is 0 Å². The average Bonchev–Trinajstić information content (AvgIpc) is 2.42. The van der Waals surface area contributed by atoms with E-state index in [-0.39, 0.29) is 11.9 Å². The van der Waals surface area contributed by atoms with Crippen LogP contribution in [-0.4, -0.2) is 37.2 Å². The number of hydrogen-bond donors (Lipinski definition) is 2. The number of pyridine rings is 1. The largest absolute Gasteiger partial charge is 0.385 e. The highest BCUT2D eigenvalue weighted by Gasteiger charge is 2.11. The van der Waals surface area contributed by atoms with E-state index in [4.69, 9.17) is 4.74 Å². The van der Waals surface area contributed by atoms with Crippen LogP contribution in [0.1, 0.15) is 24.5 Å². The fraction of sp³-hybridized carbons (Fsp3) is 0.571. The van der Waals surface area contributed by atoms with E-state index in [0.29, 0.717) is 19.7 Å². The highest BCUT2D eigenvalue weighted by Crippen LogP contribution is 2.04. The number of aromatic nitrogens is 1. The van der Waals surface area contributed by atoms with Crippen LogP contribution < -0.4 is 10.6 Å². The summed E-state index contributed by atoms with van der Waals surface area (Å²) in [7, 11) is 1.66. The maximum atomic E-state index is 11.8. The van der Waals surface area contributed by atoms with Crippen molar-refractivity contribution < 1.29 is 9.53 Å². The van der Waals surface area contributed by atoms with E-state index in [1.807, 2.05) is 26.1 Å². The molecule has 0 saturated heterocycles. The van der Waals surface area contributed by atoms with Gasteiger partial charge in [0.1, 0.15) is 0 Å². The van der Waals surface area contributed by atoms with Crippen molar-refractivity contribution in [2.75, 3.05) is 20.3 Å². The number of nitrogens with one attached hydrogen (secondary N) is 2. The minimum atomic E-state index is -0.213. The molecule has 5 heteroatoms. The minimum Gasteiger partial charge on any atom is -0.385 e. The first-order valence-electron chi connectivity index (χ1n) is 6.54. The van der Waals surface area contributed by atoms with Gasteiger partial charge in [-0.25, -0.2) is 0 Å². The Hall–Kier alpha value is -1.46. The lowest BCUT2D eigenvalue weighted by molar-refractivity contribution is -0.122. The Morgan fingerprint density at radius 1 is 1.53 bits per heavy atom. The molecule has 1 rings (SSSR count). The Bertz CT molecular complexity index is 396. The number of carbonyl (C=O) groups is 1. The molecule has 106 valence electrons. The topological polar surface area (TPSA) is 63.2 Å². The van der Waals surface area contributed by atoms with Crippen molar-refractivity contribution in [1.82, 2.24) is 15.6 Å². The first kappa shape index (κ1) is 15.6. The molecule has 1 aromatic heterocycles. The van der Waals surface area contributed by atoms with Gasteiger partial charge in [0, 0.05) is 39.2 Å². The summed E-state index contributed by atoms with van der Waals surface area (Å²) in [6.45, 7) is 5.86. The zero-order valence-electron chi connectivity index (χ0n) is 11.9. The van der Waals surface area contributed by atoms with Crippen molar-refractivity contribution in [1.29, 1.82) is 0 Å². The van der Waals surface area contributed by atoms with Gasteiger partial charge in [-0.15, -0.1) is 0 Å². The number of carbonyl (C=O) groups excluding carboxylic acids is 1. The molecule has 0 bridgehead atoms. The second kappa shape index (κ2) is 8.61. The molecule has 0 fully saturated rings. The molecule has 0 spiro atoms. The van der Waals surface area contributed by atoms with Gasteiger partial charge in [-0.05, 0) is 37.5 Å². The molecular formula is C14H23N3O2. The van der Waals surface area contributed by atoms with E-state index in [9.17, 15) is 4.79 Å². The fourth-order valence-electron chi connectivity index (χ4n) is 1.64. The number of rotatable bonds is 8. The van der Waals surface area contributed by atoms with Crippen LogP contribution in [0.4, 0.5) is 0 Å². The lowest BCUT2D eigenvalue weighted by Crippen LogP contribution is -2.42. The van der Waals surface area contributed by atoms with E-state index in [2.05, 4.69) is 15.6 Å². The SMILES string of the molecule is COCCCNC(=O)C(C)NCc1ccncc1C. The van der Waals surface area contributed by atoms with Crippen molar-refractivity contribution in [3.8, 4) is 0 Å². The zero-order chi connectivity index (χ0) is 14.1. The van der Waals surface area contributed by atoms with Crippen LogP contribution in [-0.2, 0) is 16.1 Å². The summed E-state index contributed by atoms with van der Waals surface area (Å²) in [6, 6.07) is 1.75. The van der Waals surface area contributed by atoms with E-state index < -0.39 is 0 Å². The molecule has 19 heavy (non-hydrogen) atoms. The lowest BCUT2D eigenvalue weighted by Gasteiger charge is -2.14. The summed E-state index contributed by atoms with van der Waals surface area (Å²) in [5, 5.41) is 6.08. The maximum absolute atomic E-state index is 11.8. The van der Waals surface area contributed by atoms with E-state index in [0.717, 1.165) is 17.5 Å². The molecule has 1 atom stereocenters. The van der Waals surface area contributed by atoms with Crippen LogP contribution in [0, 0.1) is 6.92 Å². The highest BCUT2D eigenvalue weighted by atomic mass is 16.5. The molecule has 0 aliphatic heterocycles. The molecule has 0 aliphatic carbocycles. The summed E-state index contributed by atoms with van der Waals surface area (Å²) >= 11 is 0. The molecule has 1 amide bonds. The van der Waals surface area contributed by atoms with Crippen LogP contribution in [0.15, 0.2) is 18.5 Å². The summed E-state index contributed by atoms with van der Waals surface area (Å²) in [5.41, 5.74) is 2.29. The van der Waals surface area contributed by atoms with Gasteiger partial charge in [-0.3, -0.25) is 9.78 Å². The number of ether oxygens (including phenoxy) is 1. The second-order valence-corrected chi connectivity index (χ2v) is 4.54. The molecule has 1 heterocycles. The smallest absolute Gasteiger partial charge is 0.236 e. The van der Waals surface area contributed by atoms with Crippen LogP contribution in [0.25, 0.3) is 0 Å². The van der Waals surface area contributed by atoms with Gasteiger partial charge in [0.15, 0.2) is 0 Å². The lowest BCUT2D eigenvalue weighted by atomic mass is 10.1. The van der Waals surface area contributed by atoms with Crippen molar-refractivity contribution in [2.24, 2.45) is 0 Å². The standard InChI is InChI=1S/C14H23N3O2/c1-11-9-15-7-5-13(11)10-17-12(2)14(18)16-6-4-8-19-3/h5,7,9,12,17H,4,6,8,10H2,1-3H3,(H,16,18). The van der Waals surface area contributed by atoms with E-state index >= 15 is 0 Å². The van der Waals surface area contributed by atoms with Crippen molar-refractivity contribution >= 4 is 5.91 Å². The van der Waals surface area contributed by atoms with Gasteiger partial charge >= 0.3 is 0 Å². The predicted octanol–water partition coefficient (Wildman–Crippen LogP) is 1.02. The van der Waals surface area contributed by atoms with Crippen molar-refractivity contribution in [3.05, 3.63) is 29.6 Å². The Balaban J connectivity index is 2.28. The van der Waals surface area contributed by atoms with Gasteiger partial charge in [0.05, 0.1) is 6.04 Å². The summed E-state index contributed by atoms with van der Waals surface area (Å²) in [6.07, 6.45) is 4.42.